The van der Waals surface area contributed by atoms with Crippen molar-refractivity contribution < 1.29 is 9.90 Å². The van der Waals surface area contributed by atoms with Crippen molar-refractivity contribution in [1.82, 2.24) is 24.8 Å². The second-order valence-electron chi connectivity index (χ2n) is 4.42. The van der Waals surface area contributed by atoms with Crippen LogP contribution in [0.25, 0.3) is 0 Å². The zero-order chi connectivity index (χ0) is 13.3. The number of hydrogen-bond acceptors (Lipinski definition) is 4. The lowest BCUT2D eigenvalue weighted by atomic mass is 10.1. The number of carbonyl (C=O) groups is 1. The smallest absolute Gasteiger partial charge is 0.358 e. The summed E-state index contributed by atoms with van der Waals surface area (Å²) in [7, 11) is 1.83. The van der Waals surface area contributed by atoms with E-state index in [4.69, 9.17) is 5.11 Å². The molecule has 0 aliphatic heterocycles. The molecule has 0 spiro atoms. The maximum Gasteiger partial charge on any atom is 0.358 e. The number of carboxylic acids is 1. The third kappa shape index (κ3) is 2.24. The van der Waals surface area contributed by atoms with Crippen LogP contribution < -0.4 is 0 Å². The van der Waals surface area contributed by atoms with Crippen LogP contribution in [0.1, 0.15) is 41.6 Å². The summed E-state index contributed by atoms with van der Waals surface area (Å²) in [5.74, 6) is -1.01. The Labute approximate surface area is 104 Å². The van der Waals surface area contributed by atoms with Gasteiger partial charge in [0.15, 0.2) is 5.69 Å². The van der Waals surface area contributed by atoms with Crippen LogP contribution in [-0.2, 0) is 13.6 Å². The Bertz CT molecular complexity index is 570. The van der Waals surface area contributed by atoms with Crippen LogP contribution in [0.3, 0.4) is 0 Å². The summed E-state index contributed by atoms with van der Waals surface area (Å²) in [4.78, 5) is 11.1. The molecule has 0 aromatic carbocycles. The number of nitrogens with zero attached hydrogens (tertiary/aromatic N) is 5. The highest BCUT2D eigenvalue weighted by Gasteiger charge is 2.21. The molecule has 2 aromatic heterocycles. The molecular formula is C11H15N5O2. The molecule has 0 amide bonds. The predicted molar refractivity (Wildman–Crippen MR) is 63.4 cm³/mol. The van der Waals surface area contributed by atoms with Gasteiger partial charge < -0.3 is 5.11 Å². The fourth-order valence-electron chi connectivity index (χ4n) is 1.86. The van der Waals surface area contributed by atoms with Crippen molar-refractivity contribution >= 4 is 5.97 Å². The maximum absolute atomic E-state index is 11.1. The Morgan fingerprint density at radius 1 is 1.50 bits per heavy atom. The van der Waals surface area contributed by atoms with E-state index < -0.39 is 5.97 Å². The van der Waals surface area contributed by atoms with Crippen LogP contribution in [-0.4, -0.2) is 35.9 Å². The number of rotatable bonds is 4. The van der Waals surface area contributed by atoms with Gasteiger partial charge in [-0.25, -0.2) is 9.48 Å². The first-order valence-electron chi connectivity index (χ1n) is 5.64. The summed E-state index contributed by atoms with van der Waals surface area (Å²) >= 11 is 0. The molecule has 1 N–H and O–H groups in total. The lowest BCUT2D eigenvalue weighted by molar-refractivity contribution is 0.0688. The molecular weight excluding hydrogens is 234 g/mol. The standard InChI is InChI=1S/C11H15N5O2/c1-7(2)10-9(11(17)18)12-14-16(10)6-8-4-5-15(3)13-8/h4-5,7H,6H2,1-3H3,(H,17,18). The van der Waals surface area contributed by atoms with Gasteiger partial charge in [-0.15, -0.1) is 5.10 Å². The average molecular weight is 249 g/mol. The molecule has 0 atom stereocenters. The summed E-state index contributed by atoms with van der Waals surface area (Å²) in [6.45, 7) is 4.26. The van der Waals surface area contributed by atoms with E-state index in [1.165, 1.54) is 0 Å². The molecule has 0 bridgehead atoms. The van der Waals surface area contributed by atoms with Crippen LogP contribution >= 0.6 is 0 Å². The zero-order valence-corrected chi connectivity index (χ0v) is 10.5. The molecule has 7 nitrogen and oxygen atoms in total. The highest BCUT2D eigenvalue weighted by atomic mass is 16.4. The minimum atomic E-state index is -1.05. The second-order valence-corrected chi connectivity index (χ2v) is 4.42. The Kier molecular flexibility index (Phi) is 3.14. The quantitative estimate of drug-likeness (QED) is 0.869. The van der Waals surface area contributed by atoms with E-state index in [1.807, 2.05) is 33.2 Å². The van der Waals surface area contributed by atoms with E-state index in [9.17, 15) is 4.79 Å². The first kappa shape index (κ1) is 12.3. The molecule has 0 radical (unpaired) electrons. The van der Waals surface area contributed by atoms with E-state index in [2.05, 4.69) is 15.4 Å². The van der Waals surface area contributed by atoms with Crippen LogP contribution in [0.15, 0.2) is 12.3 Å². The van der Waals surface area contributed by atoms with Crippen LogP contribution in [0.2, 0.25) is 0 Å². The van der Waals surface area contributed by atoms with Crippen molar-refractivity contribution in [2.45, 2.75) is 26.3 Å². The van der Waals surface area contributed by atoms with Crippen molar-refractivity contribution in [2.75, 3.05) is 0 Å². The van der Waals surface area contributed by atoms with Gasteiger partial charge >= 0.3 is 5.97 Å². The molecule has 18 heavy (non-hydrogen) atoms. The van der Waals surface area contributed by atoms with E-state index in [1.54, 1.807) is 9.36 Å². The van der Waals surface area contributed by atoms with Crippen LogP contribution in [0.4, 0.5) is 0 Å². The van der Waals surface area contributed by atoms with Crippen molar-refractivity contribution in [2.24, 2.45) is 7.05 Å². The molecule has 0 unspecified atom stereocenters. The topological polar surface area (TPSA) is 85.8 Å². The molecule has 2 aromatic rings. The first-order valence-corrected chi connectivity index (χ1v) is 5.64. The molecule has 0 aliphatic rings. The summed E-state index contributed by atoms with van der Waals surface area (Å²) < 4.78 is 3.29. The fourth-order valence-corrected chi connectivity index (χ4v) is 1.86. The molecule has 0 saturated carbocycles. The van der Waals surface area contributed by atoms with Crippen molar-refractivity contribution in [3.63, 3.8) is 0 Å². The van der Waals surface area contributed by atoms with Gasteiger partial charge in [0.05, 0.1) is 17.9 Å². The molecule has 0 aliphatic carbocycles. The molecule has 7 heteroatoms. The summed E-state index contributed by atoms with van der Waals surface area (Å²) in [5, 5.41) is 20.9. The third-order valence-electron chi connectivity index (χ3n) is 2.60. The number of hydrogen-bond donors (Lipinski definition) is 1. The zero-order valence-electron chi connectivity index (χ0n) is 10.5. The normalized spacial score (nSPS) is 11.1. The SMILES string of the molecule is CC(C)c1c(C(=O)O)nnn1Cc1ccn(C)n1. The molecule has 0 saturated heterocycles. The predicted octanol–water partition coefficient (Wildman–Crippen LogP) is 0.882. The maximum atomic E-state index is 11.1. The van der Waals surface area contributed by atoms with Gasteiger partial charge in [-0.3, -0.25) is 4.68 Å². The summed E-state index contributed by atoms with van der Waals surface area (Å²) in [5.41, 5.74) is 1.45. The Morgan fingerprint density at radius 3 is 2.72 bits per heavy atom. The highest BCUT2D eigenvalue weighted by molar-refractivity contribution is 5.86. The Morgan fingerprint density at radius 2 is 2.22 bits per heavy atom. The number of aromatic carboxylic acids is 1. The molecule has 2 heterocycles. The molecule has 96 valence electrons. The van der Waals surface area contributed by atoms with Gasteiger partial charge in [0, 0.05) is 13.2 Å². The van der Waals surface area contributed by atoms with Gasteiger partial charge in [-0.1, -0.05) is 19.1 Å². The van der Waals surface area contributed by atoms with Crippen LogP contribution in [0, 0.1) is 0 Å². The second kappa shape index (κ2) is 4.59. The Hall–Kier alpha value is -2.18. The molecule has 0 fully saturated rings. The lowest BCUT2D eigenvalue weighted by Crippen LogP contribution is -2.11. The summed E-state index contributed by atoms with van der Waals surface area (Å²) in [6, 6.07) is 1.87. The van der Waals surface area contributed by atoms with Crippen LogP contribution in [0.5, 0.6) is 0 Å². The minimum Gasteiger partial charge on any atom is -0.476 e. The fraction of sp³-hybridized carbons (Fsp3) is 0.455. The van der Waals surface area contributed by atoms with E-state index in [-0.39, 0.29) is 11.6 Å². The number of aromatic nitrogens is 5. The van der Waals surface area contributed by atoms with Gasteiger partial charge in [0.25, 0.3) is 0 Å². The third-order valence-corrected chi connectivity index (χ3v) is 2.60. The lowest BCUT2D eigenvalue weighted by Gasteiger charge is -2.08. The van der Waals surface area contributed by atoms with E-state index in [0.717, 1.165) is 5.69 Å². The minimum absolute atomic E-state index is 0.0148. The highest BCUT2D eigenvalue weighted by Crippen LogP contribution is 2.18. The van der Waals surface area contributed by atoms with E-state index in [0.29, 0.717) is 12.2 Å². The first-order chi connectivity index (χ1) is 8.49. The molecule has 2 rings (SSSR count). The average Bonchev–Trinajstić information content (AvgIpc) is 2.85. The van der Waals surface area contributed by atoms with Gasteiger partial charge in [0.1, 0.15) is 0 Å². The summed E-state index contributed by atoms with van der Waals surface area (Å²) in [6.07, 6.45) is 1.83. The van der Waals surface area contributed by atoms with Gasteiger partial charge in [0.2, 0.25) is 0 Å². The largest absolute Gasteiger partial charge is 0.476 e. The van der Waals surface area contributed by atoms with Crippen molar-refractivity contribution in [3.8, 4) is 0 Å². The van der Waals surface area contributed by atoms with E-state index >= 15 is 0 Å². The monoisotopic (exact) mass is 249 g/mol. The number of carboxylic acid groups (broad SMARTS) is 1. The van der Waals surface area contributed by atoms with Gasteiger partial charge in [-0.2, -0.15) is 5.10 Å². The van der Waals surface area contributed by atoms with Gasteiger partial charge in [-0.05, 0) is 12.0 Å². The van der Waals surface area contributed by atoms with Crippen molar-refractivity contribution in [3.05, 3.63) is 29.3 Å². The Balaban J connectivity index is 2.36. The van der Waals surface area contributed by atoms with Crippen molar-refractivity contribution in [1.29, 1.82) is 0 Å². The number of aryl methyl sites for hydroxylation is 1.